The maximum Gasteiger partial charge on any atom is 0.222 e. The molecule has 0 atom stereocenters. The first-order chi connectivity index (χ1) is 10.3. The molecule has 0 aromatic rings. The van der Waals surface area contributed by atoms with Crippen LogP contribution in [0.2, 0.25) is 0 Å². The third-order valence-corrected chi connectivity index (χ3v) is 2.19. The first kappa shape index (κ1) is 22.6. The maximum absolute atomic E-state index is 11.3. The smallest absolute Gasteiger partial charge is 0.222 e. The minimum absolute atomic E-state index is 0. The Hall–Kier alpha value is -0.690. The topological polar surface area (TPSA) is 66.0 Å². The number of carbonyl (C=O) groups is 1. The molecule has 0 radical (unpaired) electrons. The van der Waals surface area contributed by atoms with E-state index in [-0.39, 0.29) is 7.33 Å². The van der Waals surface area contributed by atoms with E-state index in [2.05, 4.69) is 5.32 Å². The summed E-state index contributed by atoms with van der Waals surface area (Å²) in [6.45, 7) is 13.0. The van der Waals surface area contributed by atoms with E-state index in [9.17, 15) is 4.79 Å². The molecule has 6 nitrogen and oxygen atoms in total. The Balaban J connectivity index is -0.00000115. The van der Waals surface area contributed by atoms with Crippen molar-refractivity contribution in [3.05, 3.63) is 0 Å². The number of hydrogen-bond acceptors (Lipinski definition) is 5. The molecule has 1 amide bonds. The van der Waals surface area contributed by atoms with E-state index in [0.29, 0.717) is 65.8 Å². The van der Waals surface area contributed by atoms with Crippen molar-refractivity contribution < 1.29 is 25.2 Å². The molecule has 0 aliphatic carbocycles. The highest BCUT2D eigenvalue weighted by Gasteiger charge is 2.00. The zero-order valence-electron chi connectivity index (χ0n) is 14.1. The Morgan fingerprint density at radius 3 is 1.86 bits per heavy atom. The quantitative estimate of drug-likeness (QED) is 0.496. The minimum atomic E-state index is -0.0167. The van der Waals surface area contributed by atoms with Gasteiger partial charge in [0.15, 0.2) is 0 Å². The van der Waals surface area contributed by atoms with Gasteiger partial charge in [0.1, 0.15) is 0 Å². The van der Waals surface area contributed by atoms with Crippen molar-refractivity contribution in [2.45, 2.75) is 34.1 Å². The van der Waals surface area contributed by atoms with Crippen LogP contribution in [0.4, 0.5) is 0 Å². The van der Waals surface area contributed by atoms with Crippen LogP contribution in [0.3, 0.4) is 0 Å². The molecule has 1 N–H and O–H groups in total. The monoisotopic (exact) mass is 309 g/mol. The van der Waals surface area contributed by atoms with Gasteiger partial charge >= 0.3 is 0 Å². The van der Waals surface area contributed by atoms with Crippen LogP contribution in [0.15, 0.2) is 0 Å². The lowest BCUT2D eigenvalue weighted by atomic mass is 10.4. The Kier molecular flexibility index (Phi) is 23.2. The van der Waals surface area contributed by atoms with Crippen LogP contribution in [0.25, 0.3) is 0 Å². The second-order valence-electron chi connectivity index (χ2n) is 3.72. The Morgan fingerprint density at radius 2 is 1.29 bits per heavy atom. The number of carbonyl (C=O) groups excluding carboxylic acids is 1. The van der Waals surface area contributed by atoms with Crippen LogP contribution in [0, 0.1) is 0 Å². The van der Waals surface area contributed by atoms with Crippen LogP contribution in [0.5, 0.6) is 0 Å². The fourth-order valence-corrected chi connectivity index (χ4v) is 1.24. The summed E-state index contributed by atoms with van der Waals surface area (Å²) in [6.07, 6.45) is 0.366. The number of hydrogen-bond donors (Lipinski definition) is 1. The van der Waals surface area contributed by atoms with Gasteiger partial charge in [-0.2, -0.15) is 0 Å². The predicted molar refractivity (Wildman–Crippen MR) is 85.7 cm³/mol. The van der Waals surface area contributed by atoms with Gasteiger partial charge in [0.05, 0.1) is 39.6 Å². The number of nitrogens with one attached hydrogen (secondary N) is 1. The Bertz CT molecular complexity index is 208. The van der Waals surface area contributed by atoms with Crippen molar-refractivity contribution >= 4 is 5.91 Å². The highest BCUT2D eigenvalue weighted by atomic mass is 16.5. The first-order valence-electron chi connectivity index (χ1n) is 7.88. The standard InChI is InChI=1S/C13H27NO5.C2H6.H2/c1-3-16-8-6-14-13(15)5-7-18-11-12-19-10-9-17-4-2;1-2;/h3-12H2,1-2H3,(H,14,15);1-2H3;1H. The van der Waals surface area contributed by atoms with Gasteiger partial charge in [-0.1, -0.05) is 13.8 Å². The molecule has 0 spiro atoms. The largest absolute Gasteiger partial charge is 0.380 e. The fraction of sp³-hybridized carbons (Fsp3) is 0.933. The van der Waals surface area contributed by atoms with E-state index in [0.717, 1.165) is 0 Å². The molecule has 0 rings (SSSR count). The molecule has 21 heavy (non-hydrogen) atoms. The zero-order chi connectivity index (χ0) is 16.2. The molecule has 130 valence electrons. The normalized spacial score (nSPS) is 9.90. The molecule has 0 aromatic heterocycles. The highest BCUT2D eigenvalue weighted by Crippen LogP contribution is 1.85. The zero-order valence-corrected chi connectivity index (χ0v) is 14.1. The molecule has 0 aliphatic rings. The Morgan fingerprint density at radius 1 is 0.810 bits per heavy atom. The van der Waals surface area contributed by atoms with Crippen molar-refractivity contribution in [3.63, 3.8) is 0 Å². The molecule has 0 bridgehead atoms. The number of ether oxygens (including phenoxy) is 4. The van der Waals surface area contributed by atoms with Crippen molar-refractivity contribution in [2.75, 3.05) is 59.4 Å². The van der Waals surface area contributed by atoms with Crippen LogP contribution in [-0.4, -0.2) is 65.3 Å². The van der Waals surface area contributed by atoms with Crippen LogP contribution < -0.4 is 5.32 Å². The molecular weight excluding hydrogens is 274 g/mol. The second kappa shape index (κ2) is 21.6. The average molecular weight is 309 g/mol. The van der Waals surface area contributed by atoms with Gasteiger partial charge in [0.25, 0.3) is 0 Å². The van der Waals surface area contributed by atoms with Crippen LogP contribution in [-0.2, 0) is 23.7 Å². The number of rotatable bonds is 14. The summed E-state index contributed by atoms with van der Waals surface area (Å²) in [5.74, 6) is -0.0167. The lowest BCUT2D eigenvalue weighted by Crippen LogP contribution is -2.28. The summed E-state index contributed by atoms with van der Waals surface area (Å²) in [7, 11) is 0. The van der Waals surface area contributed by atoms with E-state index in [1.54, 1.807) is 0 Å². The molecule has 0 saturated carbocycles. The summed E-state index contributed by atoms with van der Waals surface area (Å²) in [6, 6.07) is 0. The SMILES string of the molecule is CC.CCOCCNC(=O)CCOCCOCCOCC.[HH]. The van der Waals surface area contributed by atoms with Gasteiger partial charge in [-0.05, 0) is 13.8 Å². The molecule has 0 fully saturated rings. The van der Waals surface area contributed by atoms with E-state index >= 15 is 0 Å². The minimum Gasteiger partial charge on any atom is -0.380 e. The molecule has 0 heterocycles. The predicted octanol–water partition coefficient (Wildman–Crippen LogP) is 1.87. The van der Waals surface area contributed by atoms with Crippen molar-refractivity contribution in [2.24, 2.45) is 0 Å². The van der Waals surface area contributed by atoms with Gasteiger partial charge in [0.2, 0.25) is 5.91 Å². The van der Waals surface area contributed by atoms with E-state index in [1.165, 1.54) is 0 Å². The van der Waals surface area contributed by atoms with Crippen molar-refractivity contribution in [1.82, 2.24) is 5.32 Å². The molecule has 6 heteroatoms. The van der Waals surface area contributed by atoms with Crippen LogP contribution >= 0.6 is 0 Å². The average Bonchev–Trinajstić information content (AvgIpc) is 2.52. The van der Waals surface area contributed by atoms with Crippen molar-refractivity contribution in [3.8, 4) is 0 Å². The highest BCUT2D eigenvalue weighted by molar-refractivity contribution is 5.75. The van der Waals surface area contributed by atoms with Gasteiger partial charge in [0, 0.05) is 27.6 Å². The third kappa shape index (κ3) is 21.8. The van der Waals surface area contributed by atoms with Gasteiger partial charge in [-0.25, -0.2) is 0 Å². The van der Waals surface area contributed by atoms with E-state index in [4.69, 9.17) is 18.9 Å². The third-order valence-electron chi connectivity index (χ3n) is 2.19. The lowest BCUT2D eigenvalue weighted by molar-refractivity contribution is -0.122. The maximum atomic E-state index is 11.3. The molecular formula is C15H35NO5. The van der Waals surface area contributed by atoms with E-state index in [1.807, 2.05) is 27.7 Å². The molecule has 0 unspecified atom stereocenters. The van der Waals surface area contributed by atoms with Gasteiger partial charge in [-0.15, -0.1) is 0 Å². The van der Waals surface area contributed by atoms with Crippen LogP contribution in [0.1, 0.15) is 35.5 Å². The first-order valence-corrected chi connectivity index (χ1v) is 7.88. The molecule has 0 aliphatic heterocycles. The van der Waals surface area contributed by atoms with Gasteiger partial charge in [-0.3, -0.25) is 4.79 Å². The second-order valence-corrected chi connectivity index (χ2v) is 3.72. The summed E-state index contributed by atoms with van der Waals surface area (Å²) >= 11 is 0. The number of amides is 1. The van der Waals surface area contributed by atoms with Crippen molar-refractivity contribution in [1.29, 1.82) is 0 Å². The molecule has 0 aromatic carbocycles. The van der Waals surface area contributed by atoms with E-state index < -0.39 is 0 Å². The molecule has 0 saturated heterocycles. The summed E-state index contributed by atoms with van der Waals surface area (Å²) in [4.78, 5) is 11.3. The lowest BCUT2D eigenvalue weighted by Gasteiger charge is -2.07. The van der Waals surface area contributed by atoms with Gasteiger partial charge < -0.3 is 24.3 Å². The summed E-state index contributed by atoms with van der Waals surface area (Å²) < 4.78 is 20.8. The summed E-state index contributed by atoms with van der Waals surface area (Å²) in [5, 5.41) is 2.75. The summed E-state index contributed by atoms with van der Waals surface area (Å²) in [5.41, 5.74) is 0. The fourth-order valence-electron chi connectivity index (χ4n) is 1.24. The Labute approximate surface area is 131 Å².